The first-order valence-electron chi connectivity index (χ1n) is 5.88. The summed E-state index contributed by atoms with van der Waals surface area (Å²) in [7, 11) is 1.48. The predicted octanol–water partition coefficient (Wildman–Crippen LogP) is -0.746. The Bertz CT molecular complexity index is 319. The van der Waals surface area contributed by atoms with Gasteiger partial charge in [-0.15, -0.1) is 0 Å². The van der Waals surface area contributed by atoms with Gasteiger partial charge in [-0.05, 0) is 13.8 Å². The van der Waals surface area contributed by atoms with Gasteiger partial charge in [0.2, 0.25) is 5.91 Å². The molecule has 0 atom stereocenters. The Morgan fingerprint density at radius 2 is 1.89 bits per heavy atom. The number of carboxylic acid groups (broad SMARTS) is 1. The third-order valence-electron chi connectivity index (χ3n) is 2.01. The number of amides is 3. The molecule has 0 aliphatic heterocycles. The van der Waals surface area contributed by atoms with Gasteiger partial charge in [0.25, 0.3) is 0 Å². The topological polar surface area (TPSA) is 108 Å². The molecule has 8 nitrogen and oxygen atoms in total. The lowest BCUT2D eigenvalue weighted by atomic mass is 10.4. The molecule has 0 aromatic heterocycles. The van der Waals surface area contributed by atoms with Crippen LogP contribution in [0, 0.1) is 0 Å². The molecule has 0 bridgehead atoms. The lowest BCUT2D eigenvalue weighted by Gasteiger charge is -2.19. The normalized spacial score (nSPS) is 10.6. The zero-order valence-corrected chi connectivity index (χ0v) is 11.4. The molecule has 0 spiro atoms. The molecule has 0 radical (unpaired) electrons. The van der Waals surface area contributed by atoms with Crippen molar-refractivity contribution in [3.8, 4) is 0 Å². The average Bonchev–Trinajstić information content (AvgIpc) is 2.23. The van der Waals surface area contributed by atoms with Crippen molar-refractivity contribution in [2.75, 3.05) is 33.4 Å². The largest absolute Gasteiger partial charge is 0.480 e. The molecule has 19 heavy (non-hydrogen) atoms. The highest BCUT2D eigenvalue weighted by Crippen LogP contribution is 1.89. The summed E-state index contributed by atoms with van der Waals surface area (Å²) in [6.45, 7) is 3.66. The molecule has 0 aromatic rings. The average molecular weight is 275 g/mol. The van der Waals surface area contributed by atoms with Gasteiger partial charge in [0, 0.05) is 19.7 Å². The first-order chi connectivity index (χ1) is 8.85. The van der Waals surface area contributed by atoms with Crippen molar-refractivity contribution < 1.29 is 24.2 Å². The number of imide groups is 1. The van der Waals surface area contributed by atoms with Crippen LogP contribution in [-0.4, -0.2) is 67.3 Å². The van der Waals surface area contributed by atoms with Gasteiger partial charge in [-0.3, -0.25) is 19.8 Å². The first kappa shape index (κ1) is 17.3. The minimum Gasteiger partial charge on any atom is -0.480 e. The van der Waals surface area contributed by atoms with Crippen LogP contribution in [0.5, 0.6) is 0 Å². The van der Waals surface area contributed by atoms with Gasteiger partial charge in [-0.25, -0.2) is 4.79 Å². The number of carbonyl (C=O) groups excluding carboxylic acids is 2. The highest BCUT2D eigenvalue weighted by Gasteiger charge is 2.15. The summed E-state index contributed by atoms with van der Waals surface area (Å²) in [5.41, 5.74) is 0. The molecule has 0 unspecified atom stereocenters. The number of hydrogen-bond donors (Lipinski definition) is 3. The van der Waals surface area contributed by atoms with E-state index < -0.39 is 17.9 Å². The Kier molecular flexibility index (Phi) is 8.47. The van der Waals surface area contributed by atoms with Crippen molar-refractivity contribution >= 4 is 17.9 Å². The van der Waals surface area contributed by atoms with Crippen LogP contribution < -0.4 is 10.6 Å². The van der Waals surface area contributed by atoms with Crippen LogP contribution in [-0.2, 0) is 14.3 Å². The van der Waals surface area contributed by atoms with E-state index >= 15 is 0 Å². The standard InChI is InChI=1S/C11H21N3O5/c1-8(2)12-11(18)13-9(15)6-14(4-5-19-3)7-10(16)17/h8H,4-7H2,1-3H3,(H,16,17)(H2,12,13,15,18). The molecular formula is C11H21N3O5. The summed E-state index contributed by atoms with van der Waals surface area (Å²) < 4.78 is 4.82. The molecule has 0 saturated heterocycles. The Balaban J connectivity index is 4.21. The fraction of sp³-hybridized carbons (Fsp3) is 0.727. The van der Waals surface area contributed by atoms with Gasteiger partial charge in [-0.1, -0.05) is 0 Å². The van der Waals surface area contributed by atoms with Crippen LogP contribution in [0.25, 0.3) is 0 Å². The Morgan fingerprint density at radius 1 is 1.26 bits per heavy atom. The van der Waals surface area contributed by atoms with Crippen LogP contribution in [0.1, 0.15) is 13.8 Å². The van der Waals surface area contributed by atoms with E-state index in [4.69, 9.17) is 9.84 Å². The monoisotopic (exact) mass is 275 g/mol. The Hall–Kier alpha value is -1.67. The minimum absolute atomic E-state index is 0.0867. The van der Waals surface area contributed by atoms with E-state index in [1.54, 1.807) is 13.8 Å². The maximum absolute atomic E-state index is 11.5. The van der Waals surface area contributed by atoms with Crippen molar-refractivity contribution in [2.24, 2.45) is 0 Å². The lowest BCUT2D eigenvalue weighted by Crippen LogP contribution is -2.47. The number of ether oxygens (including phenoxy) is 1. The second kappa shape index (κ2) is 9.29. The second-order valence-electron chi connectivity index (χ2n) is 4.27. The molecule has 0 rings (SSSR count). The summed E-state index contributed by atoms with van der Waals surface area (Å²) >= 11 is 0. The number of carboxylic acids is 1. The molecule has 0 aromatic carbocycles. The molecule has 0 aliphatic rings. The summed E-state index contributed by atoms with van der Waals surface area (Å²) in [6, 6.07) is -0.682. The van der Waals surface area contributed by atoms with E-state index in [1.165, 1.54) is 12.0 Å². The summed E-state index contributed by atoms with van der Waals surface area (Å²) in [5, 5.41) is 13.3. The summed E-state index contributed by atoms with van der Waals surface area (Å²) in [4.78, 5) is 34.8. The van der Waals surface area contributed by atoms with E-state index in [9.17, 15) is 14.4 Å². The highest BCUT2D eigenvalue weighted by atomic mass is 16.5. The number of carbonyl (C=O) groups is 3. The Morgan fingerprint density at radius 3 is 2.37 bits per heavy atom. The number of nitrogens with one attached hydrogen (secondary N) is 2. The number of rotatable bonds is 8. The van der Waals surface area contributed by atoms with Crippen molar-refractivity contribution in [2.45, 2.75) is 19.9 Å². The van der Waals surface area contributed by atoms with Gasteiger partial charge in [-0.2, -0.15) is 0 Å². The lowest BCUT2D eigenvalue weighted by molar-refractivity contribution is -0.138. The van der Waals surface area contributed by atoms with E-state index in [0.717, 1.165) is 0 Å². The Labute approximate surface area is 112 Å². The van der Waals surface area contributed by atoms with Crippen LogP contribution in [0.2, 0.25) is 0 Å². The molecule has 3 amide bonds. The molecule has 0 aliphatic carbocycles. The molecule has 3 N–H and O–H groups in total. The van der Waals surface area contributed by atoms with E-state index in [1.807, 2.05) is 0 Å². The molecule has 8 heteroatoms. The van der Waals surface area contributed by atoms with E-state index in [-0.39, 0.29) is 19.1 Å². The maximum Gasteiger partial charge on any atom is 0.321 e. The second-order valence-corrected chi connectivity index (χ2v) is 4.27. The molecule has 0 fully saturated rings. The zero-order chi connectivity index (χ0) is 14.8. The highest BCUT2D eigenvalue weighted by molar-refractivity contribution is 5.95. The molecule has 110 valence electrons. The zero-order valence-electron chi connectivity index (χ0n) is 11.4. The molecule has 0 heterocycles. The van der Waals surface area contributed by atoms with E-state index in [2.05, 4.69) is 10.6 Å². The predicted molar refractivity (Wildman–Crippen MR) is 67.8 cm³/mol. The smallest absolute Gasteiger partial charge is 0.321 e. The van der Waals surface area contributed by atoms with Gasteiger partial charge >= 0.3 is 12.0 Å². The van der Waals surface area contributed by atoms with Crippen LogP contribution in [0.15, 0.2) is 0 Å². The fourth-order valence-electron chi connectivity index (χ4n) is 1.29. The number of hydrogen-bond acceptors (Lipinski definition) is 5. The van der Waals surface area contributed by atoms with Gasteiger partial charge in [0.05, 0.1) is 19.7 Å². The number of methoxy groups -OCH3 is 1. The molecule has 0 saturated carbocycles. The van der Waals surface area contributed by atoms with Crippen molar-refractivity contribution in [1.29, 1.82) is 0 Å². The first-order valence-corrected chi connectivity index (χ1v) is 5.88. The van der Waals surface area contributed by atoms with E-state index in [0.29, 0.717) is 13.2 Å². The van der Waals surface area contributed by atoms with Crippen LogP contribution >= 0.6 is 0 Å². The summed E-state index contributed by atoms with van der Waals surface area (Å²) in [6.07, 6.45) is 0. The van der Waals surface area contributed by atoms with Crippen molar-refractivity contribution in [3.05, 3.63) is 0 Å². The van der Waals surface area contributed by atoms with Gasteiger partial charge in [0.1, 0.15) is 0 Å². The number of nitrogens with zero attached hydrogens (tertiary/aromatic N) is 1. The number of urea groups is 1. The van der Waals surface area contributed by atoms with Crippen molar-refractivity contribution in [1.82, 2.24) is 15.5 Å². The quantitative estimate of drug-likeness (QED) is 0.538. The number of aliphatic carboxylic acids is 1. The van der Waals surface area contributed by atoms with Crippen LogP contribution in [0.4, 0.5) is 4.79 Å². The maximum atomic E-state index is 11.5. The third kappa shape index (κ3) is 9.98. The minimum atomic E-state index is -1.05. The van der Waals surface area contributed by atoms with Crippen molar-refractivity contribution in [3.63, 3.8) is 0 Å². The van der Waals surface area contributed by atoms with Crippen LogP contribution in [0.3, 0.4) is 0 Å². The summed E-state index contributed by atoms with van der Waals surface area (Å²) in [5.74, 6) is -1.61. The third-order valence-corrected chi connectivity index (χ3v) is 2.01. The van der Waals surface area contributed by atoms with Gasteiger partial charge in [0.15, 0.2) is 0 Å². The fourth-order valence-corrected chi connectivity index (χ4v) is 1.29. The molecular weight excluding hydrogens is 254 g/mol. The van der Waals surface area contributed by atoms with Gasteiger partial charge < -0.3 is 15.2 Å². The SMILES string of the molecule is COCCN(CC(=O)O)CC(=O)NC(=O)NC(C)C.